The largest absolute Gasteiger partial charge is 0.330 e. The summed E-state index contributed by atoms with van der Waals surface area (Å²) in [6.07, 6.45) is 3.81. The molecule has 1 atom stereocenters. The van der Waals surface area contributed by atoms with Gasteiger partial charge in [0.2, 0.25) is 0 Å². The SMILES string of the molecule is C=CC(C)(CN)Cc1cc(CC)nn1C. The minimum absolute atomic E-state index is 0.0290. The van der Waals surface area contributed by atoms with Crippen LogP contribution in [0.2, 0.25) is 0 Å². The first-order valence-electron chi connectivity index (χ1n) is 5.40. The van der Waals surface area contributed by atoms with Crippen LogP contribution in [0.25, 0.3) is 0 Å². The molecule has 0 aliphatic carbocycles. The lowest BCUT2D eigenvalue weighted by Crippen LogP contribution is -2.28. The minimum atomic E-state index is -0.0290. The first kappa shape index (κ1) is 12.0. The summed E-state index contributed by atoms with van der Waals surface area (Å²) in [6, 6.07) is 2.15. The predicted molar refractivity (Wildman–Crippen MR) is 63.6 cm³/mol. The van der Waals surface area contributed by atoms with Gasteiger partial charge in [0.15, 0.2) is 0 Å². The average Bonchev–Trinajstić information content (AvgIpc) is 2.59. The highest BCUT2D eigenvalue weighted by Gasteiger charge is 2.20. The summed E-state index contributed by atoms with van der Waals surface area (Å²) in [5.41, 5.74) is 8.08. The molecule has 1 aromatic heterocycles. The molecule has 2 N–H and O–H groups in total. The molecular weight excluding hydrogens is 186 g/mol. The molecule has 1 heterocycles. The molecule has 84 valence electrons. The Labute approximate surface area is 92.0 Å². The summed E-state index contributed by atoms with van der Waals surface area (Å²) >= 11 is 0. The molecule has 0 aliphatic heterocycles. The van der Waals surface area contributed by atoms with Crippen LogP contribution in [0, 0.1) is 5.41 Å². The Morgan fingerprint density at radius 2 is 2.33 bits per heavy atom. The molecule has 0 bridgehead atoms. The fraction of sp³-hybridized carbons (Fsp3) is 0.583. The van der Waals surface area contributed by atoms with Crippen LogP contribution in [-0.2, 0) is 19.9 Å². The fourth-order valence-electron chi connectivity index (χ4n) is 1.55. The van der Waals surface area contributed by atoms with Crippen LogP contribution in [0.3, 0.4) is 0 Å². The van der Waals surface area contributed by atoms with Gasteiger partial charge < -0.3 is 5.73 Å². The van der Waals surface area contributed by atoms with E-state index in [1.807, 2.05) is 17.8 Å². The lowest BCUT2D eigenvalue weighted by atomic mass is 9.85. The third kappa shape index (κ3) is 2.69. The Bertz CT molecular complexity index is 341. The Morgan fingerprint density at radius 1 is 1.67 bits per heavy atom. The maximum absolute atomic E-state index is 5.75. The summed E-state index contributed by atoms with van der Waals surface area (Å²) in [6.45, 7) is 8.70. The van der Waals surface area contributed by atoms with Crippen molar-refractivity contribution in [2.24, 2.45) is 18.2 Å². The molecule has 0 saturated heterocycles. The predicted octanol–water partition coefficient (Wildman–Crippen LogP) is 1.68. The van der Waals surface area contributed by atoms with Crippen molar-refractivity contribution >= 4 is 0 Å². The van der Waals surface area contributed by atoms with Gasteiger partial charge in [0, 0.05) is 24.7 Å². The van der Waals surface area contributed by atoms with Crippen LogP contribution in [-0.4, -0.2) is 16.3 Å². The molecule has 1 aromatic rings. The van der Waals surface area contributed by atoms with Crippen LogP contribution in [0.5, 0.6) is 0 Å². The van der Waals surface area contributed by atoms with E-state index in [1.54, 1.807) is 0 Å². The Morgan fingerprint density at radius 3 is 2.73 bits per heavy atom. The van der Waals surface area contributed by atoms with Gasteiger partial charge in [-0.05, 0) is 18.9 Å². The topological polar surface area (TPSA) is 43.8 Å². The normalized spacial score (nSPS) is 14.9. The van der Waals surface area contributed by atoms with Crippen molar-refractivity contribution in [3.63, 3.8) is 0 Å². The second-order valence-electron chi connectivity index (χ2n) is 4.34. The van der Waals surface area contributed by atoms with Crippen molar-refractivity contribution in [1.29, 1.82) is 0 Å². The molecule has 0 saturated carbocycles. The van der Waals surface area contributed by atoms with Gasteiger partial charge in [0.25, 0.3) is 0 Å². The Hall–Kier alpha value is -1.09. The summed E-state index contributed by atoms with van der Waals surface area (Å²) in [5.74, 6) is 0. The maximum atomic E-state index is 5.75. The molecule has 0 aromatic carbocycles. The lowest BCUT2D eigenvalue weighted by Gasteiger charge is -2.23. The third-order valence-corrected chi connectivity index (χ3v) is 2.93. The van der Waals surface area contributed by atoms with Gasteiger partial charge in [-0.1, -0.05) is 19.9 Å². The van der Waals surface area contributed by atoms with Crippen LogP contribution in [0.1, 0.15) is 25.2 Å². The second kappa shape index (κ2) is 4.62. The fourth-order valence-corrected chi connectivity index (χ4v) is 1.55. The van der Waals surface area contributed by atoms with Crippen LogP contribution in [0.4, 0.5) is 0 Å². The number of nitrogens with two attached hydrogens (primary N) is 1. The van der Waals surface area contributed by atoms with Gasteiger partial charge in [0.05, 0.1) is 5.69 Å². The molecule has 3 nitrogen and oxygen atoms in total. The zero-order chi connectivity index (χ0) is 11.5. The quantitative estimate of drug-likeness (QED) is 0.746. The summed E-state index contributed by atoms with van der Waals surface area (Å²) in [4.78, 5) is 0. The van der Waals surface area contributed by atoms with Crippen molar-refractivity contribution in [2.75, 3.05) is 6.54 Å². The summed E-state index contributed by atoms with van der Waals surface area (Å²) in [5, 5.41) is 4.42. The molecule has 0 spiro atoms. The number of rotatable bonds is 5. The highest BCUT2D eigenvalue weighted by atomic mass is 15.3. The van der Waals surface area contributed by atoms with E-state index in [0.717, 1.165) is 18.5 Å². The number of nitrogens with zero attached hydrogens (tertiary/aromatic N) is 2. The van der Waals surface area contributed by atoms with E-state index in [4.69, 9.17) is 5.73 Å². The van der Waals surface area contributed by atoms with E-state index in [1.165, 1.54) is 5.69 Å². The number of hydrogen-bond acceptors (Lipinski definition) is 2. The van der Waals surface area contributed by atoms with Gasteiger partial charge in [-0.15, -0.1) is 6.58 Å². The van der Waals surface area contributed by atoms with E-state index in [-0.39, 0.29) is 5.41 Å². The van der Waals surface area contributed by atoms with Gasteiger partial charge in [0.1, 0.15) is 0 Å². The molecule has 1 unspecified atom stereocenters. The standard InChI is InChI=1S/C12H21N3/c1-5-10-7-11(15(4)14-10)8-12(3,6-2)9-13/h6-7H,2,5,8-9,13H2,1,3-4H3. The second-order valence-corrected chi connectivity index (χ2v) is 4.34. The smallest absolute Gasteiger partial charge is 0.0624 e. The maximum Gasteiger partial charge on any atom is 0.0624 e. The summed E-state index contributed by atoms with van der Waals surface area (Å²) < 4.78 is 1.94. The van der Waals surface area contributed by atoms with E-state index in [2.05, 4.69) is 31.6 Å². The monoisotopic (exact) mass is 207 g/mol. The highest BCUT2D eigenvalue weighted by Crippen LogP contribution is 2.22. The number of aryl methyl sites for hydroxylation is 2. The van der Waals surface area contributed by atoms with Crippen molar-refractivity contribution in [3.05, 3.63) is 30.1 Å². The number of aromatic nitrogens is 2. The minimum Gasteiger partial charge on any atom is -0.330 e. The first-order valence-corrected chi connectivity index (χ1v) is 5.40. The highest BCUT2D eigenvalue weighted by molar-refractivity contribution is 5.14. The van der Waals surface area contributed by atoms with Crippen molar-refractivity contribution in [1.82, 2.24) is 9.78 Å². The van der Waals surface area contributed by atoms with Crippen molar-refractivity contribution < 1.29 is 0 Å². The van der Waals surface area contributed by atoms with Crippen molar-refractivity contribution in [2.45, 2.75) is 26.7 Å². The molecule has 15 heavy (non-hydrogen) atoms. The lowest BCUT2D eigenvalue weighted by molar-refractivity contribution is 0.424. The van der Waals surface area contributed by atoms with Crippen molar-refractivity contribution in [3.8, 4) is 0 Å². The third-order valence-electron chi connectivity index (χ3n) is 2.93. The van der Waals surface area contributed by atoms with Gasteiger partial charge in [-0.25, -0.2) is 0 Å². The Balaban J connectivity index is 2.88. The van der Waals surface area contributed by atoms with E-state index >= 15 is 0 Å². The first-order chi connectivity index (χ1) is 7.04. The zero-order valence-electron chi connectivity index (χ0n) is 9.95. The molecule has 0 fully saturated rings. The molecule has 0 amide bonds. The Kier molecular flexibility index (Phi) is 3.69. The van der Waals surface area contributed by atoms with Gasteiger partial charge >= 0.3 is 0 Å². The van der Waals surface area contributed by atoms with E-state index < -0.39 is 0 Å². The molecule has 0 radical (unpaired) electrons. The van der Waals surface area contributed by atoms with Gasteiger partial charge in [-0.3, -0.25) is 4.68 Å². The number of hydrogen-bond donors (Lipinski definition) is 1. The molecule has 3 heteroatoms. The van der Waals surface area contributed by atoms with Gasteiger partial charge in [-0.2, -0.15) is 5.10 Å². The zero-order valence-corrected chi connectivity index (χ0v) is 9.95. The molecule has 0 aliphatic rings. The average molecular weight is 207 g/mol. The van der Waals surface area contributed by atoms with Crippen LogP contribution in [0.15, 0.2) is 18.7 Å². The van der Waals surface area contributed by atoms with E-state index in [0.29, 0.717) is 6.54 Å². The molecule has 1 rings (SSSR count). The van der Waals surface area contributed by atoms with Crippen LogP contribution >= 0.6 is 0 Å². The summed E-state index contributed by atoms with van der Waals surface area (Å²) in [7, 11) is 1.98. The van der Waals surface area contributed by atoms with E-state index in [9.17, 15) is 0 Å². The van der Waals surface area contributed by atoms with Crippen LogP contribution < -0.4 is 5.73 Å². The molecular formula is C12H21N3.